The summed E-state index contributed by atoms with van der Waals surface area (Å²) >= 11 is 0. The van der Waals surface area contributed by atoms with Gasteiger partial charge in [-0.15, -0.1) is 0 Å². The minimum absolute atomic E-state index is 0.218. The first-order valence-electron chi connectivity index (χ1n) is 7.47. The predicted molar refractivity (Wildman–Crippen MR) is 88.1 cm³/mol. The molecular formula is C19H23NO. The molecule has 0 bridgehead atoms. The molecule has 1 atom stereocenters. The third-order valence-electron chi connectivity index (χ3n) is 4.84. The maximum Gasteiger partial charge on any atom is 0.127 e. The minimum Gasteiger partial charge on any atom is -0.486 e. The molecule has 21 heavy (non-hydrogen) atoms. The van der Waals surface area contributed by atoms with E-state index in [0.29, 0.717) is 0 Å². The standard InChI is InChI=1S/C19H23NO/c1-11-12(2)18-15(13(3)17(11)20)16(19(4,5)21-18)14-9-7-6-8-10-14/h6-10,16H,20H2,1-5H3/t16-/m1/s1. The number of ether oxygens (including phenoxy) is 1. The molecule has 0 fully saturated rings. The van der Waals surface area contributed by atoms with Crippen molar-refractivity contribution in [2.75, 3.05) is 5.73 Å². The van der Waals surface area contributed by atoms with E-state index >= 15 is 0 Å². The maximum atomic E-state index is 6.35. The zero-order chi connectivity index (χ0) is 15.4. The summed E-state index contributed by atoms with van der Waals surface area (Å²) in [5, 5.41) is 0. The van der Waals surface area contributed by atoms with Crippen molar-refractivity contribution in [2.24, 2.45) is 0 Å². The molecule has 2 aromatic carbocycles. The minimum atomic E-state index is -0.264. The zero-order valence-corrected chi connectivity index (χ0v) is 13.4. The second-order valence-corrected chi connectivity index (χ2v) is 6.58. The first-order valence-corrected chi connectivity index (χ1v) is 7.47. The Bertz CT molecular complexity index is 701. The van der Waals surface area contributed by atoms with Crippen molar-refractivity contribution in [3.05, 3.63) is 58.1 Å². The smallest absolute Gasteiger partial charge is 0.127 e. The quantitative estimate of drug-likeness (QED) is 0.781. The van der Waals surface area contributed by atoms with Crippen LogP contribution in [0.25, 0.3) is 0 Å². The Morgan fingerprint density at radius 3 is 2.19 bits per heavy atom. The highest BCUT2D eigenvalue weighted by Gasteiger charge is 2.44. The molecule has 1 aliphatic heterocycles. The van der Waals surface area contributed by atoms with Gasteiger partial charge in [-0.2, -0.15) is 0 Å². The van der Waals surface area contributed by atoms with Gasteiger partial charge in [-0.1, -0.05) is 30.3 Å². The summed E-state index contributed by atoms with van der Waals surface area (Å²) in [6.07, 6.45) is 0. The highest BCUT2D eigenvalue weighted by Crippen LogP contribution is 2.52. The number of benzene rings is 2. The average Bonchev–Trinajstić information content (AvgIpc) is 2.75. The Labute approximate surface area is 126 Å². The summed E-state index contributed by atoms with van der Waals surface area (Å²) < 4.78 is 6.35. The lowest BCUT2D eigenvalue weighted by molar-refractivity contribution is 0.121. The summed E-state index contributed by atoms with van der Waals surface area (Å²) in [7, 11) is 0. The largest absolute Gasteiger partial charge is 0.486 e. The van der Waals surface area contributed by atoms with Crippen molar-refractivity contribution in [1.29, 1.82) is 0 Å². The lowest BCUT2D eigenvalue weighted by Gasteiger charge is -2.27. The Kier molecular flexibility index (Phi) is 3.01. The van der Waals surface area contributed by atoms with E-state index in [1.54, 1.807) is 0 Å². The molecule has 2 N–H and O–H groups in total. The van der Waals surface area contributed by atoms with Gasteiger partial charge in [0, 0.05) is 11.3 Å². The SMILES string of the molecule is Cc1c(C)c2c(c(C)c1N)[C@@H](c1ccccc1)C(C)(C)O2. The topological polar surface area (TPSA) is 35.2 Å². The van der Waals surface area contributed by atoms with Crippen LogP contribution in [0, 0.1) is 20.8 Å². The molecule has 1 aliphatic rings. The number of hydrogen-bond acceptors (Lipinski definition) is 2. The lowest BCUT2D eigenvalue weighted by Crippen LogP contribution is -2.31. The summed E-state index contributed by atoms with van der Waals surface area (Å²) in [5.74, 6) is 1.24. The van der Waals surface area contributed by atoms with Crippen LogP contribution in [0.2, 0.25) is 0 Å². The van der Waals surface area contributed by atoms with Crippen LogP contribution in [0.1, 0.15) is 47.6 Å². The van der Waals surface area contributed by atoms with Crippen LogP contribution < -0.4 is 10.5 Å². The molecule has 0 spiro atoms. The van der Waals surface area contributed by atoms with E-state index < -0.39 is 0 Å². The van der Waals surface area contributed by atoms with Gasteiger partial charge in [0.1, 0.15) is 11.4 Å². The van der Waals surface area contributed by atoms with Gasteiger partial charge >= 0.3 is 0 Å². The number of nitrogen functional groups attached to an aromatic ring is 1. The average molecular weight is 281 g/mol. The van der Waals surface area contributed by atoms with E-state index in [1.807, 2.05) is 0 Å². The van der Waals surface area contributed by atoms with E-state index in [9.17, 15) is 0 Å². The van der Waals surface area contributed by atoms with Crippen molar-refractivity contribution in [3.63, 3.8) is 0 Å². The molecule has 2 heteroatoms. The molecule has 0 aromatic heterocycles. The van der Waals surface area contributed by atoms with Crippen LogP contribution in [-0.2, 0) is 0 Å². The molecule has 0 unspecified atom stereocenters. The molecule has 0 radical (unpaired) electrons. The first kappa shape index (κ1) is 14.0. The summed E-state index contributed by atoms with van der Waals surface area (Å²) in [5.41, 5.74) is 13.0. The summed E-state index contributed by atoms with van der Waals surface area (Å²) in [4.78, 5) is 0. The Balaban J connectivity index is 2.31. The van der Waals surface area contributed by atoms with Crippen molar-refractivity contribution in [3.8, 4) is 5.75 Å². The van der Waals surface area contributed by atoms with Crippen LogP contribution in [0.4, 0.5) is 5.69 Å². The van der Waals surface area contributed by atoms with Gasteiger partial charge in [-0.3, -0.25) is 0 Å². The van der Waals surface area contributed by atoms with Crippen LogP contribution in [-0.4, -0.2) is 5.60 Å². The Morgan fingerprint density at radius 2 is 1.57 bits per heavy atom. The van der Waals surface area contributed by atoms with Gasteiger partial charge in [0.2, 0.25) is 0 Å². The number of rotatable bonds is 1. The number of hydrogen-bond donors (Lipinski definition) is 1. The second-order valence-electron chi connectivity index (χ2n) is 6.58. The second kappa shape index (κ2) is 4.52. The fourth-order valence-corrected chi connectivity index (χ4v) is 3.53. The van der Waals surface area contributed by atoms with Gasteiger partial charge < -0.3 is 10.5 Å². The molecule has 1 heterocycles. The zero-order valence-electron chi connectivity index (χ0n) is 13.4. The number of nitrogens with two attached hydrogens (primary N) is 1. The van der Waals surface area contributed by atoms with Crippen LogP contribution in [0.5, 0.6) is 5.75 Å². The fraction of sp³-hybridized carbons (Fsp3) is 0.368. The summed E-state index contributed by atoms with van der Waals surface area (Å²) in [6.45, 7) is 10.6. The monoisotopic (exact) mass is 281 g/mol. The molecule has 0 saturated carbocycles. The van der Waals surface area contributed by atoms with Gasteiger partial charge in [0.15, 0.2) is 0 Å². The van der Waals surface area contributed by atoms with Crippen molar-refractivity contribution < 1.29 is 4.74 Å². The van der Waals surface area contributed by atoms with Gasteiger partial charge in [-0.05, 0) is 56.9 Å². The molecule has 110 valence electrons. The highest BCUT2D eigenvalue weighted by molar-refractivity contribution is 5.69. The maximum absolute atomic E-state index is 6.35. The molecule has 3 rings (SSSR count). The highest BCUT2D eigenvalue weighted by atomic mass is 16.5. The van der Waals surface area contributed by atoms with Crippen molar-refractivity contribution in [2.45, 2.75) is 46.1 Å². The van der Waals surface area contributed by atoms with Crippen LogP contribution in [0.15, 0.2) is 30.3 Å². The van der Waals surface area contributed by atoms with Gasteiger partial charge in [0.25, 0.3) is 0 Å². The van der Waals surface area contributed by atoms with Gasteiger partial charge in [0.05, 0.1) is 5.92 Å². The third-order valence-corrected chi connectivity index (χ3v) is 4.84. The normalized spacial score (nSPS) is 19.2. The molecular weight excluding hydrogens is 258 g/mol. The van der Waals surface area contributed by atoms with E-state index in [0.717, 1.165) is 22.6 Å². The molecule has 0 amide bonds. The predicted octanol–water partition coefficient (Wildman–Crippen LogP) is 4.50. The van der Waals surface area contributed by atoms with Crippen LogP contribution in [0.3, 0.4) is 0 Å². The number of fused-ring (bicyclic) bond motifs is 1. The Hall–Kier alpha value is -1.96. The molecule has 0 aliphatic carbocycles. The lowest BCUT2D eigenvalue weighted by atomic mass is 9.78. The molecule has 0 saturated heterocycles. The van der Waals surface area contributed by atoms with E-state index in [4.69, 9.17) is 10.5 Å². The van der Waals surface area contributed by atoms with E-state index in [2.05, 4.69) is 65.0 Å². The number of anilines is 1. The van der Waals surface area contributed by atoms with Crippen molar-refractivity contribution in [1.82, 2.24) is 0 Å². The third kappa shape index (κ3) is 1.93. The van der Waals surface area contributed by atoms with Gasteiger partial charge in [-0.25, -0.2) is 0 Å². The fourth-order valence-electron chi connectivity index (χ4n) is 3.53. The van der Waals surface area contributed by atoms with Crippen molar-refractivity contribution >= 4 is 5.69 Å². The Morgan fingerprint density at radius 1 is 0.952 bits per heavy atom. The summed E-state index contributed by atoms with van der Waals surface area (Å²) in [6, 6.07) is 10.6. The van der Waals surface area contributed by atoms with Crippen LogP contribution >= 0.6 is 0 Å². The van der Waals surface area contributed by atoms with E-state index in [-0.39, 0.29) is 11.5 Å². The van der Waals surface area contributed by atoms with E-state index in [1.165, 1.54) is 16.7 Å². The molecule has 2 aromatic rings. The first-order chi connectivity index (χ1) is 9.84. The molecule has 2 nitrogen and oxygen atoms in total.